The van der Waals surface area contributed by atoms with Crippen molar-refractivity contribution in [2.24, 2.45) is 0 Å². The second kappa shape index (κ2) is 10.7. The van der Waals surface area contributed by atoms with Gasteiger partial charge in [-0.15, -0.1) is 0 Å². The molecule has 6 nitrogen and oxygen atoms in total. The summed E-state index contributed by atoms with van der Waals surface area (Å²) >= 11 is 0. The van der Waals surface area contributed by atoms with Gasteiger partial charge in [-0.05, 0) is 71.8 Å². The smallest absolute Gasteiger partial charge is 0.167 e. The lowest BCUT2D eigenvalue weighted by Crippen LogP contribution is -2.00. The first kappa shape index (κ1) is 27.9. The maximum atomic E-state index is 6.70. The van der Waals surface area contributed by atoms with Gasteiger partial charge in [0.2, 0.25) is 0 Å². The molecule has 238 valence electrons. The van der Waals surface area contributed by atoms with Crippen molar-refractivity contribution in [1.82, 2.24) is 15.0 Å². The van der Waals surface area contributed by atoms with Gasteiger partial charge in [0.1, 0.15) is 33.5 Å². The van der Waals surface area contributed by atoms with Gasteiger partial charge >= 0.3 is 0 Å². The Balaban J connectivity index is 1.07. The number of rotatable bonds is 4. The lowest BCUT2D eigenvalue weighted by Gasteiger charge is -2.09. The summed E-state index contributed by atoms with van der Waals surface area (Å²) in [6, 6.07) is 51.2. The molecule has 0 aliphatic heterocycles. The maximum Gasteiger partial charge on any atom is 0.167 e. The zero-order valence-corrected chi connectivity index (χ0v) is 27.0. The molecule has 11 aromatic rings. The summed E-state index contributed by atoms with van der Waals surface area (Å²) in [7, 11) is 0. The summed E-state index contributed by atoms with van der Waals surface area (Å²) < 4.78 is 18.9. The monoisotopic (exact) mass is 655 g/mol. The fraction of sp³-hybridized carbons (Fsp3) is 0. The topological polar surface area (TPSA) is 78.1 Å². The molecule has 0 radical (unpaired) electrons. The Labute approximate surface area is 290 Å². The van der Waals surface area contributed by atoms with Crippen molar-refractivity contribution < 1.29 is 13.3 Å². The molecule has 4 heterocycles. The molecule has 0 fully saturated rings. The summed E-state index contributed by atoms with van der Waals surface area (Å²) in [5, 5.41) is 6.29. The first-order valence-corrected chi connectivity index (χ1v) is 16.8. The quantitative estimate of drug-likeness (QED) is 0.188. The van der Waals surface area contributed by atoms with Crippen LogP contribution in [0.4, 0.5) is 0 Å². The van der Waals surface area contributed by atoms with E-state index in [2.05, 4.69) is 54.6 Å². The van der Waals surface area contributed by atoms with E-state index in [1.54, 1.807) is 0 Å². The van der Waals surface area contributed by atoms with Crippen molar-refractivity contribution in [1.29, 1.82) is 0 Å². The predicted octanol–water partition coefficient (Wildman–Crippen LogP) is 12.2. The Bertz CT molecular complexity index is 3150. The van der Waals surface area contributed by atoms with Crippen LogP contribution in [0.5, 0.6) is 0 Å². The third-order valence-corrected chi connectivity index (χ3v) is 9.75. The largest absolute Gasteiger partial charge is 0.456 e. The molecule has 0 aliphatic rings. The molecule has 0 bridgehead atoms. The molecular formula is C45H25N3O3. The fourth-order valence-electron chi connectivity index (χ4n) is 7.27. The molecule has 0 atom stereocenters. The van der Waals surface area contributed by atoms with Crippen molar-refractivity contribution in [2.45, 2.75) is 0 Å². The van der Waals surface area contributed by atoms with Crippen molar-refractivity contribution >= 4 is 65.8 Å². The first-order chi connectivity index (χ1) is 25.2. The van der Waals surface area contributed by atoms with E-state index in [9.17, 15) is 0 Å². The second-order valence-electron chi connectivity index (χ2n) is 12.8. The van der Waals surface area contributed by atoms with Crippen LogP contribution in [0.2, 0.25) is 0 Å². The molecular weight excluding hydrogens is 631 g/mol. The highest BCUT2D eigenvalue weighted by molar-refractivity contribution is 6.11. The number of furan rings is 3. The van der Waals surface area contributed by atoms with E-state index < -0.39 is 0 Å². The summed E-state index contributed by atoms with van der Waals surface area (Å²) in [6.07, 6.45) is 0. The van der Waals surface area contributed by atoms with Crippen LogP contribution in [0.15, 0.2) is 165 Å². The van der Waals surface area contributed by atoms with Crippen LogP contribution in [0.25, 0.3) is 111 Å². The fourth-order valence-corrected chi connectivity index (χ4v) is 7.27. The van der Waals surface area contributed by atoms with Gasteiger partial charge in [-0.1, -0.05) is 91.0 Å². The van der Waals surface area contributed by atoms with Crippen LogP contribution in [0, 0.1) is 0 Å². The minimum absolute atomic E-state index is 0.540. The maximum absolute atomic E-state index is 6.70. The summed E-state index contributed by atoms with van der Waals surface area (Å²) in [5.74, 6) is 1.70. The highest BCUT2D eigenvalue weighted by Gasteiger charge is 2.19. The van der Waals surface area contributed by atoms with Gasteiger partial charge in [0, 0.05) is 43.4 Å². The molecule has 0 spiro atoms. The van der Waals surface area contributed by atoms with Gasteiger partial charge in [-0.3, -0.25) is 0 Å². The molecule has 7 aromatic carbocycles. The molecule has 6 heteroatoms. The van der Waals surface area contributed by atoms with Crippen molar-refractivity contribution in [3.05, 3.63) is 152 Å². The second-order valence-corrected chi connectivity index (χ2v) is 12.8. The SMILES string of the molecule is c1ccc(-c2nc(-c3ccc4oc5ccccc5c4c3)nc(-c3cccc4c3oc3cc(-c5ccc6oc7ccccc7c6c5)ccc34)n2)cc1. The number of hydrogen-bond donors (Lipinski definition) is 0. The molecule has 0 aliphatic carbocycles. The van der Waals surface area contributed by atoms with E-state index in [0.29, 0.717) is 17.5 Å². The Morgan fingerprint density at radius 1 is 0.294 bits per heavy atom. The Kier molecular flexibility index (Phi) is 5.86. The summed E-state index contributed by atoms with van der Waals surface area (Å²) in [6.45, 7) is 0. The number of aromatic nitrogens is 3. The van der Waals surface area contributed by atoms with Crippen LogP contribution in [0.1, 0.15) is 0 Å². The molecule has 0 saturated carbocycles. The molecule has 11 rings (SSSR count). The third-order valence-electron chi connectivity index (χ3n) is 9.75. The Morgan fingerprint density at radius 3 is 1.57 bits per heavy atom. The van der Waals surface area contributed by atoms with Crippen LogP contribution < -0.4 is 0 Å². The Hall–Kier alpha value is -7.05. The van der Waals surface area contributed by atoms with Gasteiger partial charge < -0.3 is 13.3 Å². The average molecular weight is 656 g/mol. The summed E-state index contributed by atoms with van der Waals surface area (Å²) in [4.78, 5) is 15.1. The lowest BCUT2D eigenvalue weighted by atomic mass is 10.0. The van der Waals surface area contributed by atoms with Gasteiger partial charge in [0.05, 0.1) is 5.56 Å². The van der Waals surface area contributed by atoms with Crippen molar-refractivity contribution in [3.63, 3.8) is 0 Å². The van der Waals surface area contributed by atoms with Crippen LogP contribution in [-0.4, -0.2) is 15.0 Å². The summed E-state index contributed by atoms with van der Waals surface area (Å²) in [5.41, 5.74) is 9.68. The van der Waals surface area contributed by atoms with E-state index in [4.69, 9.17) is 28.2 Å². The van der Waals surface area contributed by atoms with E-state index >= 15 is 0 Å². The van der Waals surface area contributed by atoms with E-state index in [-0.39, 0.29) is 0 Å². The highest BCUT2D eigenvalue weighted by Crippen LogP contribution is 2.39. The lowest BCUT2D eigenvalue weighted by molar-refractivity contribution is 0.668. The van der Waals surface area contributed by atoms with E-state index in [1.807, 2.05) is 97.1 Å². The predicted molar refractivity (Wildman–Crippen MR) is 203 cm³/mol. The zero-order valence-electron chi connectivity index (χ0n) is 27.0. The van der Waals surface area contributed by atoms with Gasteiger partial charge in [0.25, 0.3) is 0 Å². The van der Waals surface area contributed by atoms with Crippen LogP contribution in [0.3, 0.4) is 0 Å². The minimum atomic E-state index is 0.540. The van der Waals surface area contributed by atoms with Gasteiger partial charge in [-0.2, -0.15) is 0 Å². The number of nitrogens with zero attached hydrogens (tertiary/aromatic N) is 3. The minimum Gasteiger partial charge on any atom is -0.456 e. The molecule has 51 heavy (non-hydrogen) atoms. The number of fused-ring (bicyclic) bond motifs is 9. The van der Waals surface area contributed by atoms with E-state index in [1.165, 1.54) is 0 Å². The van der Waals surface area contributed by atoms with Crippen LogP contribution >= 0.6 is 0 Å². The van der Waals surface area contributed by atoms with Crippen LogP contribution in [-0.2, 0) is 0 Å². The number of benzene rings is 7. The number of para-hydroxylation sites is 3. The number of hydrogen-bond acceptors (Lipinski definition) is 6. The molecule has 0 N–H and O–H groups in total. The van der Waals surface area contributed by atoms with Crippen molar-refractivity contribution in [2.75, 3.05) is 0 Å². The third kappa shape index (κ3) is 4.40. The van der Waals surface area contributed by atoms with Gasteiger partial charge in [-0.25, -0.2) is 15.0 Å². The Morgan fingerprint density at radius 2 is 0.824 bits per heavy atom. The first-order valence-electron chi connectivity index (χ1n) is 16.8. The standard InChI is InChI=1S/C45H25N3O3/c1-2-9-26(10-3-1)43-46-44(29-19-22-40-36(24-29)31-12-5-7-16-38(31)50-40)48-45(47-43)34-14-8-13-33-32-20-17-28(25-41(32)51-42(33)34)27-18-21-39-35(23-27)30-11-4-6-15-37(30)49-39/h1-25H. The zero-order chi connectivity index (χ0) is 33.5. The molecule has 4 aromatic heterocycles. The van der Waals surface area contributed by atoms with E-state index in [0.717, 1.165) is 93.6 Å². The van der Waals surface area contributed by atoms with Gasteiger partial charge in [0.15, 0.2) is 17.5 Å². The van der Waals surface area contributed by atoms with Crippen molar-refractivity contribution in [3.8, 4) is 45.3 Å². The molecule has 0 saturated heterocycles. The highest BCUT2D eigenvalue weighted by atomic mass is 16.3. The molecule has 0 unspecified atom stereocenters. The normalized spacial score (nSPS) is 11.9. The average Bonchev–Trinajstić information content (AvgIpc) is 3.88. The molecule has 0 amide bonds.